The van der Waals surface area contributed by atoms with E-state index in [1.165, 1.54) is 25.3 Å². The van der Waals surface area contributed by atoms with E-state index in [1.54, 1.807) is 0 Å². The smallest absolute Gasteiger partial charge is 0.305 e. The van der Waals surface area contributed by atoms with Crippen LogP contribution in [0.15, 0.2) is 18.2 Å². The number of methoxy groups -OCH3 is 1. The summed E-state index contributed by atoms with van der Waals surface area (Å²) >= 11 is 0. The summed E-state index contributed by atoms with van der Waals surface area (Å²) in [5, 5.41) is 11.9. The second kappa shape index (κ2) is 8.91. The zero-order valence-corrected chi connectivity index (χ0v) is 14.6. The molecule has 0 aliphatic rings. The molecule has 0 saturated carbocycles. The summed E-state index contributed by atoms with van der Waals surface area (Å²) in [5.74, 6) is -1.47. The molecule has 4 N–H and O–H groups in total. The molecule has 138 valence electrons. The molecule has 1 rings (SSSR count). The number of carboxylic acid groups (broad SMARTS) is 1. The van der Waals surface area contributed by atoms with Gasteiger partial charge in [0.15, 0.2) is 18.1 Å². The number of amides is 2. The van der Waals surface area contributed by atoms with Crippen molar-refractivity contribution in [1.82, 2.24) is 5.32 Å². The van der Waals surface area contributed by atoms with Crippen LogP contribution >= 0.6 is 0 Å². The third-order valence-corrected chi connectivity index (χ3v) is 4.02. The first-order valence-corrected chi connectivity index (χ1v) is 7.90. The van der Waals surface area contributed by atoms with Crippen LogP contribution in [0.3, 0.4) is 0 Å². The standard InChI is InChI=1S/C17H24N2O6/c1-4-17(5-2,9-15(21)22)19-16(23)11-6-7-12(13(8-11)24-3)25-10-14(18)20/h6-8H,4-5,9-10H2,1-3H3,(H2,18,20)(H,19,23)(H,21,22). The van der Waals surface area contributed by atoms with E-state index in [0.29, 0.717) is 18.4 Å². The highest BCUT2D eigenvalue weighted by molar-refractivity contribution is 5.95. The van der Waals surface area contributed by atoms with Crippen LogP contribution in [0.1, 0.15) is 43.5 Å². The van der Waals surface area contributed by atoms with Crippen LogP contribution in [-0.2, 0) is 9.59 Å². The molecule has 0 spiro atoms. The Hall–Kier alpha value is -2.77. The molecule has 0 atom stereocenters. The number of hydrogen-bond donors (Lipinski definition) is 3. The van der Waals surface area contributed by atoms with Gasteiger partial charge in [-0.1, -0.05) is 13.8 Å². The van der Waals surface area contributed by atoms with Crippen molar-refractivity contribution in [3.63, 3.8) is 0 Å². The van der Waals surface area contributed by atoms with Gasteiger partial charge in [0.1, 0.15) is 0 Å². The van der Waals surface area contributed by atoms with Gasteiger partial charge in [-0.2, -0.15) is 0 Å². The van der Waals surface area contributed by atoms with Crippen LogP contribution in [0.5, 0.6) is 11.5 Å². The van der Waals surface area contributed by atoms with E-state index >= 15 is 0 Å². The Balaban J connectivity index is 3.00. The molecule has 25 heavy (non-hydrogen) atoms. The van der Waals surface area contributed by atoms with Crippen molar-refractivity contribution in [2.24, 2.45) is 5.73 Å². The lowest BCUT2D eigenvalue weighted by Crippen LogP contribution is -2.49. The molecule has 0 heterocycles. The minimum absolute atomic E-state index is 0.164. The Morgan fingerprint density at radius 2 is 1.84 bits per heavy atom. The summed E-state index contributed by atoms with van der Waals surface area (Å²) < 4.78 is 10.4. The van der Waals surface area contributed by atoms with Crippen molar-refractivity contribution in [3.8, 4) is 11.5 Å². The normalized spacial score (nSPS) is 10.8. The Morgan fingerprint density at radius 1 is 1.20 bits per heavy atom. The predicted molar refractivity (Wildman–Crippen MR) is 90.7 cm³/mol. The van der Waals surface area contributed by atoms with E-state index in [4.69, 9.17) is 20.3 Å². The molecule has 8 nitrogen and oxygen atoms in total. The highest BCUT2D eigenvalue weighted by Crippen LogP contribution is 2.29. The topological polar surface area (TPSA) is 128 Å². The summed E-state index contributed by atoms with van der Waals surface area (Å²) in [7, 11) is 1.40. The molecule has 0 aromatic heterocycles. The number of nitrogens with two attached hydrogens (primary N) is 1. The Labute approximate surface area is 146 Å². The van der Waals surface area contributed by atoms with Gasteiger partial charge in [0.05, 0.1) is 19.1 Å². The Bertz CT molecular complexity index is 640. The van der Waals surface area contributed by atoms with E-state index in [-0.39, 0.29) is 24.5 Å². The van der Waals surface area contributed by atoms with Crippen LogP contribution < -0.4 is 20.5 Å². The summed E-state index contributed by atoms with van der Waals surface area (Å²) in [4.78, 5) is 34.4. The number of aliphatic carboxylic acids is 1. The predicted octanol–water partition coefficient (Wildman–Crippen LogP) is 1.32. The fraction of sp³-hybridized carbons (Fsp3) is 0.471. The molecular weight excluding hydrogens is 328 g/mol. The van der Waals surface area contributed by atoms with Crippen molar-refractivity contribution in [3.05, 3.63) is 23.8 Å². The monoisotopic (exact) mass is 352 g/mol. The molecule has 1 aromatic rings. The third-order valence-electron chi connectivity index (χ3n) is 4.02. The second-order valence-corrected chi connectivity index (χ2v) is 5.63. The maximum absolute atomic E-state index is 12.5. The largest absolute Gasteiger partial charge is 0.493 e. The van der Waals surface area contributed by atoms with Crippen LogP contribution in [0.2, 0.25) is 0 Å². The first kappa shape index (κ1) is 20.3. The number of carbonyl (C=O) groups is 3. The van der Waals surface area contributed by atoms with Gasteiger partial charge in [-0.15, -0.1) is 0 Å². The molecule has 1 aromatic carbocycles. The molecule has 0 bridgehead atoms. The molecule has 0 saturated heterocycles. The van der Waals surface area contributed by atoms with Gasteiger partial charge in [-0.25, -0.2) is 0 Å². The first-order chi connectivity index (χ1) is 11.8. The van der Waals surface area contributed by atoms with Gasteiger partial charge in [-0.05, 0) is 31.0 Å². The van der Waals surface area contributed by atoms with Gasteiger partial charge in [0.25, 0.3) is 11.8 Å². The molecule has 0 radical (unpaired) electrons. The molecule has 0 fully saturated rings. The Kier molecular flexibility index (Phi) is 7.22. The summed E-state index contributed by atoms with van der Waals surface area (Å²) in [6.45, 7) is 3.34. The van der Waals surface area contributed by atoms with Crippen molar-refractivity contribution < 1.29 is 29.0 Å². The van der Waals surface area contributed by atoms with Crippen molar-refractivity contribution in [1.29, 1.82) is 0 Å². The fourth-order valence-corrected chi connectivity index (χ4v) is 2.40. The zero-order chi connectivity index (χ0) is 19.0. The maximum Gasteiger partial charge on any atom is 0.305 e. The number of primary amides is 1. The molecule has 0 aliphatic heterocycles. The van der Waals surface area contributed by atoms with E-state index in [1.807, 2.05) is 13.8 Å². The minimum Gasteiger partial charge on any atom is -0.493 e. The SMILES string of the molecule is CCC(CC)(CC(=O)O)NC(=O)c1ccc(OCC(N)=O)c(OC)c1. The molecule has 0 aliphatic carbocycles. The number of carbonyl (C=O) groups excluding carboxylic acids is 2. The molecule has 8 heteroatoms. The molecular formula is C17H24N2O6. The molecule has 2 amide bonds. The van der Waals surface area contributed by atoms with Crippen LogP contribution in [-0.4, -0.2) is 42.1 Å². The Morgan fingerprint density at radius 3 is 2.32 bits per heavy atom. The van der Waals surface area contributed by atoms with Crippen LogP contribution in [0.25, 0.3) is 0 Å². The van der Waals surface area contributed by atoms with E-state index in [2.05, 4.69) is 5.32 Å². The lowest BCUT2D eigenvalue weighted by molar-refractivity contribution is -0.138. The van der Waals surface area contributed by atoms with Crippen molar-refractivity contribution in [2.75, 3.05) is 13.7 Å². The highest BCUT2D eigenvalue weighted by atomic mass is 16.5. The van der Waals surface area contributed by atoms with Gasteiger partial charge in [0, 0.05) is 5.56 Å². The quantitative estimate of drug-likeness (QED) is 0.583. The summed E-state index contributed by atoms with van der Waals surface area (Å²) in [6, 6.07) is 4.46. The average Bonchev–Trinajstić information content (AvgIpc) is 2.58. The van der Waals surface area contributed by atoms with Gasteiger partial charge in [0.2, 0.25) is 0 Å². The lowest BCUT2D eigenvalue weighted by atomic mass is 9.88. The highest BCUT2D eigenvalue weighted by Gasteiger charge is 2.31. The number of carboxylic acids is 1. The van der Waals surface area contributed by atoms with Crippen LogP contribution in [0.4, 0.5) is 0 Å². The number of nitrogens with one attached hydrogen (secondary N) is 1. The number of ether oxygens (including phenoxy) is 2. The van der Waals surface area contributed by atoms with Crippen molar-refractivity contribution >= 4 is 17.8 Å². The van der Waals surface area contributed by atoms with Crippen molar-refractivity contribution in [2.45, 2.75) is 38.6 Å². The minimum atomic E-state index is -0.975. The second-order valence-electron chi connectivity index (χ2n) is 5.63. The van der Waals surface area contributed by atoms with E-state index < -0.39 is 23.3 Å². The number of hydrogen-bond acceptors (Lipinski definition) is 5. The van der Waals surface area contributed by atoms with E-state index in [9.17, 15) is 14.4 Å². The van der Waals surface area contributed by atoms with Gasteiger partial charge >= 0.3 is 5.97 Å². The summed E-state index contributed by atoms with van der Waals surface area (Å²) in [6.07, 6.45) is 0.805. The van der Waals surface area contributed by atoms with Gasteiger partial charge in [-0.3, -0.25) is 14.4 Å². The first-order valence-electron chi connectivity index (χ1n) is 7.90. The fourth-order valence-electron chi connectivity index (χ4n) is 2.40. The van der Waals surface area contributed by atoms with Crippen LogP contribution in [0, 0.1) is 0 Å². The van der Waals surface area contributed by atoms with E-state index in [0.717, 1.165) is 0 Å². The molecule has 0 unspecified atom stereocenters. The summed E-state index contributed by atoms with van der Waals surface area (Å²) in [5.41, 5.74) is 4.50. The van der Waals surface area contributed by atoms with Gasteiger partial charge < -0.3 is 25.6 Å². The third kappa shape index (κ3) is 5.66. The number of rotatable bonds is 10. The lowest BCUT2D eigenvalue weighted by Gasteiger charge is -2.31. The average molecular weight is 352 g/mol. The maximum atomic E-state index is 12.5. The number of benzene rings is 1. The zero-order valence-electron chi connectivity index (χ0n) is 14.6.